The summed E-state index contributed by atoms with van der Waals surface area (Å²) in [7, 11) is 0. The number of aliphatic hydroxyl groups is 2. The van der Waals surface area contributed by atoms with Gasteiger partial charge in [0.2, 0.25) is 0 Å². The molecule has 2 fully saturated rings. The summed E-state index contributed by atoms with van der Waals surface area (Å²) in [4.78, 5) is 10.3. The van der Waals surface area contributed by atoms with E-state index in [4.69, 9.17) is 4.74 Å². The van der Waals surface area contributed by atoms with Crippen molar-refractivity contribution < 1.29 is 72.0 Å². The molecule has 2 rings (SSSR count). The van der Waals surface area contributed by atoms with E-state index in [0.717, 1.165) is 25.3 Å². The van der Waals surface area contributed by atoms with Crippen LogP contribution < -0.4 is 34.7 Å². The third-order valence-electron chi connectivity index (χ3n) is 5.31. The second-order valence-electron chi connectivity index (χ2n) is 7.55. The number of rotatable bonds is 8. The van der Waals surface area contributed by atoms with Crippen LogP contribution in [0.1, 0.15) is 51.9 Å². The summed E-state index contributed by atoms with van der Waals surface area (Å²) in [5, 5.41) is 30.2. The van der Waals surface area contributed by atoms with Crippen LogP contribution in [0, 0.1) is 23.7 Å². The minimum absolute atomic E-state index is 0. The van der Waals surface area contributed by atoms with E-state index in [9.17, 15) is 37.7 Å². The third-order valence-corrected chi connectivity index (χ3v) is 5.31. The van der Waals surface area contributed by atoms with Gasteiger partial charge in [0.25, 0.3) is 5.92 Å². The molecule has 10 heteroatoms. The van der Waals surface area contributed by atoms with Crippen molar-refractivity contribution in [2.45, 2.75) is 82.0 Å². The second-order valence-corrected chi connectivity index (χ2v) is 7.55. The average Bonchev–Trinajstić information content (AvgIpc) is 3.12. The number of carbonyl (C=O) groups is 1. The van der Waals surface area contributed by atoms with Crippen LogP contribution in [0.3, 0.4) is 0 Å². The van der Waals surface area contributed by atoms with E-state index >= 15 is 0 Å². The zero-order valence-corrected chi connectivity index (χ0v) is 19.0. The van der Waals surface area contributed by atoms with E-state index in [1.165, 1.54) is 0 Å². The van der Waals surface area contributed by atoms with Crippen molar-refractivity contribution in [1.29, 1.82) is 0 Å². The number of carbonyl (C=O) groups excluding carboxylic acids is 1. The van der Waals surface area contributed by atoms with Crippen molar-refractivity contribution >= 4 is 5.97 Å². The van der Waals surface area contributed by atoms with Crippen molar-refractivity contribution in [1.82, 2.24) is 0 Å². The Morgan fingerprint density at radius 3 is 2.70 bits per heavy atom. The molecule has 2 aliphatic rings. The monoisotopic (exact) mass is 444 g/mol. The largest absolute Gasteiger partial charge is 1.00 e. The molecule has 5 nitrogen and oxygen atoms in total. The van der Waals surface area contributed by atoms with Crippen LogP contribution in [0.25, 0.3) is 0 Å². The summed E-state index contributed by atoms with van der Waals surface area (Å²) in [5.74, 6) is -6.97. The van der Waals surface area contributed by atoms with Gasteiger partial charge in [0.05, 0.1) is 11.7 Å². The van der Waals surface area contributed by atoms with Crippen LogP contribution in [0.5, 0.6) is 0 Å². The van der Waals surface area contributed by atoms with E-state index in [-0.39, 0.29) is 41.7 Å². The van der Waals surface area contributed by atoms with Gasteiger partial charge in [-0.05, 0) is 25.3 Å². The Kier molecular flexibility index (Phi) is 10.2. The van der Waals surface area contributed by atoms with Gasteiger partial charge in [-0.2, -0.15) is 17.6 Å². The SMILES string of the molecule is CCCCC[C@H](O)C#C[C@@H]1[C@H]2C/C(=C/CCC(F)(F)C(=O)[O-])OC2C(F)(F)[C@H]1O.[Na+]. The first-order valence-corrected chi connectivity index (χ1v) is 9.70. The number of fused-ring (bicyclic) bond motifs is 1. The number of carboxylic acids is 1. The maximum atomic E-state index is 14.4. The van der Waals surface area contributed by atoms with E-state index in [2.05, 4.69) is 11.8 Å². The molecule has 2 N–H and O–H groups in total. The van der Waals surface area contributed by atoms with Gasteiger partial charge in [0.1, 0.15) is 18.2 Å². The molecular formula is C20H25F4NaO5. The molecule has 1 aliphatic carbocycles. The number of halogens is 4. The molecule has 1 saturated carbocycles. The third kappa shape index (κ3) is 6.36. The minimum atomic E-state index is -4.02. The predicted octanol–water partition coefficient (Wildman–Crippen LogP) is -0.985. The normalized spacial score (nSPS) is 29.4. The van der Waals surface area contributed by atoms with Crippen LogP contribution in [0.2, 0.25) is 0 Å². The smallest absolute Gasteiger partial charge is 0.544 e. The van der Waals surface area contributed by atoms with Gasteiger partial charge in [0, 0.05) is 18.8 Å². The number of unbranched alkanes of at least 4 members (excludes halogenated alkanes) is 2. The topological polar surface area (TPSA) is 89.8 Å². The maximum absolute atomic E-state index is 14.4. The Morgan fingerprint density at radius 2 is 2.10 bits per heavy atom. The summed E-state index contributed by atoms with van der Waals surface area (Å²) in [6.07, 6.45) is -1.99. The van der Waals surface area contributed by atoms with Crippen LogP contribution >= 0.6 is 0 Å². The molecule has 0 amide bonds. The standard InChI is InChI=1S/C20H26F4O5.Na/c1-2-3-4-6-12(25)8-9-14-15-11-13(7-5-10-19(21,22)18(27)28)29-17(15)20(23,24)16(14)26;/h7,12,14-17,25-26H,2-6,10-11H2,1H3,(H,27,28);/q;+1/p-1/b13-7-;/t12-,14+,15+,16-,17?;/m0./s1. The van der Waals surface area contributed by atoms with Gasteiger partial charge in [-0.15, -0.1) is 0 Å². The molecule has 0 spiro atoms. The van der Waals surface area contributed by atoms with E-state index < -0.39 is 60.8 Å². The summed E-state index contributed by atoms with van der Waals surface area (Å²) < 4.78 is 60.0. The zero-order chi connectivity index (χ0) is 21.8. The van der Waals surface area contributed by atoms with Crippen LogP contribution in [0.4, 0.5) is 17.6 Å². The van der Waals surface area contributed by atoms with Gasteiger partial charge in [-0.25, -0.2) is 0 Å². The van der Waals surface area contributed by atoms with E-state index in [1.807, 2.05) is 6.92 Å². The van der Waals surface area contributed by atoms with Crippen molar-refractivity contribution in [3.63, 3.8) is 0 Å². The molecule has 5 atom stereocenters. The van der Waals surface area contributed by atoms with Crippen molar-refractivity contribution in [3.8, 4) is 11.8 Å². The maximum Gasteiger partial charge on any atom is 1.00 e. The molecule has 1 unspecified atom stereocenters. The molecule has 0 aromatic heterocycles. The fourth-order valence-electron chi connectivity index (χ4n) is 3.65. The molecule has 30 heavy (non-hydrogen) atoms. The number of ether oxygens (including phenoxy) is 1. The second kappa shape index (κ2) is 11.2. The van der Waals surface area contributed by atoms with Crippen molar-refractivity contribution in [3.05, 3.63) is 11.8 Å². The number of aliphatic carboxylic acids is 1. The summed E-state index contributed by atoms with van der Waals surface area (Å²) in [5.41, 5.74) is 0. The fraction of sp³-hybridized carbons (Fsp3) is 0.750. The van der Waals surface area contributed by atoms with E-state index in [0.29, 0.717) is 6.42 Å². The molecule has 0 aromatic rings. The number of hydrogen-bond donors (Lipinski definition) is 2. The number of alkyl halides is 4. The number of allylic oxidation sites excluding steroid dienone is 2. The van der Waals surface area contributed by atoms with Gasteiger partial charge >= 0.3 is 35.5 Å². The van der Waals surface area contributed by atoms with Crippen molar-refractivity contribution in [2.75, 3.05) is 0 Å². The zero-order valence-electron chi connectivity index (χ0n) is 17.0. The van der Waals surface area contributed by atoms with Gasteiger partial charge in [0.15, 0.2) is 6.10 Å². The Labute approximate surface area is 195 Å². The molecule has 0 radical (unpaired) electrons. The number of carboxylic acid groups (broad SMARTS) is 1. The van der Waals surface area contributed by atoms with Crippen molar-refractivity contribution in [2.24, 2.45) is 11.8 Å². The number of aliphatic hydroxyl groups excluding tert-OH is 2. The molecule has 1 aliphatic heterocycles. The van der Waals surface area contributed by atoms with Crippen LogP contribution in [-0.4, -0.2) is 46.3 Å². The fourth-order valence-corrected chi connectivity index (χ4v) is 3.65. The molecule has 0 bridgehead atoms. The van der Waals surface area contributed by atoms with Crippen LogP contribution in [0.15, 0.2) is 11.8 Å². The first-order chi connectivity index (χ1) is 13.5. The Balaban J connectivity index is 0.00000450. The van der Waals surface area contributed by atoms with Gasteiger partial charge in [-0.1, -0.05) is 31.6 Å². The molecule has 1 heterocycles. The molecule has 164 valence electrons. The Morgan fingerprint density at radius 1 is 1.43 bits per heavy atom. The summed E-state index contributed by atoms with van der Waals surface area (Å²) in [6, 6.07) is 0. The first-order valence-electron chi connectivity index (χ1n) is 9.70. The van der Waals surface area contributed by atoms with Gasteiger partial charge in [-0.3, -0.25) is 0 Å². The summed E-state index contributed by atoms with van der Waals surface area (Å²) in [6.45, 7) is 2.00. The molecular weight excluding hydrogens is 419 g/mol. The van der Waals surface area contributed by atoms with Gasteiger partial charge < -0.3 is 24.9 Å². The Hall–Kier alpha value is -0.790. The molecule has 1 saturated heterocycles. The summed E-state index contributed by atoms with van der Waals surface area (Å²) >= 11 is 0. The van der Waals surface area contributed by atoms with E-state index in [1.54, 1.807) is 0 Å². The first kappa shape index (κ1) is 27.2. The number of hydrogen-bond acceptors (Lipinski definition) is 5. The van der Waals surface area contributed by atoms with Crippen LogP contribution in [-0.2, 0) is 9.53 Å². The quantitative estimate of drug-likeness (QED) is 0.217. The Bertz CT molecular complexity index is 688. The molecule has 0 aromatic carbocycles. The predicted molar refractivity (Wildman–Crippen MR) is 92.6 cm³/mol. The average molecular weight is 444 g/mol. The minimum Gasteiger partial charge on any atom is -0.544 e.